The maximum atomic E-state index is 11.6. The van der Waals surface area contributed by atoms with Gasteiger partial charge in [-0.05, 0) is 36.2 Å². The van der Waals surface area contributed by atoms with Crippen LogP contribution < -0.4 is 10.6 Å². The first-order valence-corrected chi connectivity index (χ1v) is 8.70. The highest BCUT2D eigenvalue weighted by atomic mass is 79.9. The van der Waals surface area contributed by atoms with Crippen LogP contribution in [0.1, 0.15) is 20.3 Å². The molecule has 1 unspecified atom stereocenters. The molecule has 0 saturated carbocycles. The van der Waals surface area contributed by atoms with Gasteiger partial charge in [0.1, 0.15) is 5.82 Å². The Kier molecular flexibility index (Phi) is 4.00. The maximum Gasteiger partial charge on any atom is 0.224 e. The van der Waals surface area contributed by atoms with Crippen LogP contribution in [0.2, 0.25) is 0 Å². The van der Waals surface area contributed by atoms with Crippen molar-refractivity contribution in [3.63, 3.8) is 0 Å². The van der Waals surface area contributed by atoms with Gasteiger partial charge in [-0.2, -0.15) is 4.98 Å². The Morgan fingerprint density at radius 1 is 1.53 bits per heavy atom. The summed E-state index contributed by atoms with van der Waals surface area (Å²) in [6.07, 6.45) is 2.24. The summed E-state index contributed by atoms with van der Waals surface area (Å²) in [5.74, 6) is 1.50. The molecular formula is C11H17BrN4O2S. The standard InChI is InChI=1S/C11H17BrN4O2S/c1-3-13-10-14-6-8(12)9(15-10)16-11(2)4-5-19(17,18)7-11/h6H,3-5,7H2,1-2H3,(H2,13,14,15,16). The lowest BCUT2D eigenvalue weighted by Gasteiger charge is -2.25. The third-order valence-electron chi connectivity index (χ3n) is 3.00. The van der Waals surface area contributed by atoms with E-state index in [9.17, 15) is 8.42 Å². The van der Waals surface area contributed by atoms with Gasteiger partial charge in [0.05, 0.1) is 21.5 Å². The first-order chi connectivity index (χ1) is 8.84. The van der Waals surface area contributed by atoms with E-state index >= 15 is 0 Å². The zero-order chi connectivity index (χ0) is 14.1. The SMILES string of the molecule is CCNc1ncc(Br)c(NC2(C)CCS(=O)(=O)C2)n1. The average molecular weight is 349 g/mol. The lowest BCUT2D eigenvalue weighted by molar-refractivity contribution is 0.571. The van der Waals surface area contributed by atoms with Crippen LogP contribution >= 0.6 is 15.9 Å². The van der Waals surface area contributed by atoms with Gasteiger partial charge in [-0.25, -0.2) is 13.4 Å². The van der Waals surface area contributed by atoms with Crippen molar-refractivity contribution in [1.82, 2.24) is 9.97 Å². The minimum absolute atomic E-state index is 0.132. The zero-order valence-corrected chi connectivity index (χ0v) is 13.3. The van der Waals surface area contributed by atoms with Gasteiger partial charge in [0, 0.05) is 12.7 Å². The van der Waals surface area contributed by atoms with Gasteiger partial charge in [0.15, 0.2) is 9.84 Å². The quantitative estimate of drug-likeness (QED) is 0.860. The summed E-state index contributed by atoms with van der Waals surface area (Å²) in [5, 5.41) is 6.25. The Hall–Kier alpha value is -0.890. The van der Waals surface area contributed by atoms with E-state index in [0.717, 1.165) is 11.0 Å². The van der Waals surface area contributed by atoms with E-state index in [-0.39, 0.29) is 11.5 Å². The second-order valence-corrected chi connectivity index (χ2v) is 7.99. The Labute approximate surface area is 121 Å². The number of hydrogen-bond acceptors (Lipinski definition) is 6. The molecule has 19 heavy (non-hydrogen) atoms. The monoisotopic (exact) mass is 348 g/mol. The predicted molar refractivity (Wildman–Crippen MR) is 79.2 cm³/mol. The van der Waals surface area contributed by atoms with Crippen molar-refractivity contribution in [2.45, 2.75) is 25.8 Å². The van der Waals surface area contributed by atoms with Crippen molar-refractivity contribution in [2.75, 3.05) is 28.7 Å². The average Bonchev–Trinajstić information content (AvgIpc) is 2.58. The summed E-state index contributed by atoms with van der Waals surface area (Å²) in [6, 6.07) is 0. The van der Waals surface area contributed by atoms with E-state index in [4.69, 9.17) is 0 Å². The third kappa shape index (κ3) is 3.56. The van der Waals surface area contributed by atoms with Crippen LogP contribution in [0.4, 0.5) is 11.8 Å². The van der Waals surface area contributed by atoms with Gasteiger partial charge in [0.25, 0.3) is 0 Å². The van der Waals surface area contributed by atoms with E-state index in [2.05, 4.69) is 36.5 Å². The molecule has 6 nitrogen and oxygen atoms in total. The molecule has 2 rings (SSSR count). The number of hydrogen-bond donors (Lipinski definition) is 2. The van der Waals surface area contributed by atoms with Crippen LogP contribution in [-0.2, 0) is 9.84 Å². The molecule has 1 aromatic rings. The van der Waals surface area contributed by atoms with Crippen LogP contribution in [0.3, 0.4) is 0 Å². The summed E-state index contributed by atoms with van der Waals surface area (Å²) in [7, 11) is -2.94. The van der Waals surface area contributed by atoms with Gasteiger partial charge >= 0.3 is 0 Å². The fourth-order valence-corrected chi connectivity index (χ4v) is 4.48. The maximum absolute atomic E-state index is 11.6. The Balaban J connectivity index is 2.21. The van der Waals surface area contributed by atoms with Gasteiger partial charge in [-0.3, -0.25) is 0 Å². The normalized spacial score (nSPS) is 25.2. The number of aromatic nitrogens is 2. The second kappa shape index (κ2) is 5.24. The third-order valence-corrected chi connectivity index (χ3v) is 5.49. The summed E-state index contributed by atoms with van der Waals surface area (Å²) < 4.78 is 23.9. The summed E-state index contributed by atoms with van der Waals surface area (Å²) in [5.41, 5.74) is -0.473. The molecule has 0 amide bonds. The van der Waals surface area contributed by atoms with E-state index in [0.29, 0.717) is 18.2 Å². The molecule has 1 aromatic heterocycles. The molecule has 1 fully saturated rings. The smallest absolute Gasteiger partial charge is 0.224 e. The van der Waals surface area contributed by atoms with Crippen LogP contribution in [0.5, 0.6) is 0 Å². The fraction of sp³-hybridized carbons (Fsp3) is 0.636. The Morgan fingerprint density at radius 3 is 2.84 bits per heavy atom. The first kappa shape index (κ1) is 14.5. The molecule has 0 aromatic carbocycles. The molecule has 1 saturated heterocycles. The number of rotatable bonds is 4. The van der Waals surface area contributed by atoms with E-state index in [1.54, 1.807) is 6.20 Å². The molecule has 2 heterocycles. The van der Waals surface area contributed by atoms with Crippen molar-refractivity contribution in [2.24, 2.45) is 0 Å². The van der Waals surface area contributed by atoms with Gasteiger partial charge in [-0.1, -0.05) is 0 Å². The molecule has 0 spiro atoms. The van der Waals surface area contributed by atoms with Crippen LogP contribution in [0.15, 0.2) is 10.7 Å². The van der Waals surface area contributed by atoms with Crippen LogP contribution in [-0.4, -0.2) is 42.0 Å². The molecule has 0 radical (unpaired) electrons. The fourth-order valence-electron chi connectivity index (χ4n) is 2.09. The van der Waals surface area contributed by atoms with Gasteiger partial charge < -0.3 is 10.6 Å². The van der Waals surface area contributed by atoms with Crippen molar-refractivity contribution in [3.05, 3.63) is 10.7 Å². The topological polar surface area (TPSA) is 84.0 Å². The van der Waals surface area contributed by atoms with Crippen LogP contribution in [0.25, 0.3) is 0 Å². The molecule has 1 atom stereocenters. The highest BCUT2D eigenvalue weighted by molar-refractivity contribution is 9.10. The number of sulfone groups is 1. The molecule has 8 heteroatoms. The molecule has 0 aliphatic carbocycles. The lowest BCUT2D eigenvalue weighted by atomic mass is 10.0. The molecule has 106 valence electrons. The number of nitrogens with zero attached hydrogens (tertiary/aromatic N) is 2. The van der Waals surface area contributed by atoms with Gasteiger partial charge in [0.2, 0.25) is 5.95 Å². The Morgan fingerprint density at radius 2 is 2.26 bits per heavy atom. The number of anilines is 2. The van der Waals surface area contributed by atoms with Crippen molar-refractivity contribution < 1.29 is 8.42 Å². The lowest BCUT2D eigenvalue weighted by Crippen LogP contribution is -2.36. The molecular weight excluding hydrogens is 332 g/mol. The molecule has 0 bridgehead atoms. The number of halogens is 1. The Bertz CT molecular complexity index is 578. The first-order valence-electron chi connectivity index (χ1n) is 6.09. The molecule has 2 N–H and O–H groups in total. The molecule has 1 aliphatic heterocycles. The van der Waals surface area contributed by atoms with Crippen molar-refractivity contribution in [1.29, 1.82) is 0 Å². The summed E-state index contributed by atoms with van der Waals surface area (Å²) >= 11 is 3.38. The summed E-state index contributed by atoms with van der Waals surface area (Å²) in [4.78, 5) is 8.47. The van der Waals surface area contributed by atoms with E-state index < -0.39 is 15.4 Å². The van der Waals surface area contributed by atoms with Gasteiger partial charge in [-0.15, -0.1) is 0 Å². The number of nitrogens with one attached hydrogen (secondary N) is 2. The van der Waals surface area contributed by atoms with Crippen molar-refractivity contribution >= 4 is 37.5 Å². The van der Waals surface area contributed by atoms with Crippen LogP contribution in [0, 0.1) is 0 Å². The zero-order valence-electron chi connectivity index (χ0n) is 10.9. The molecule has 1 aliphatic rings. The largest absolute Gasteiger partial charge is 0.363 e. The predicted octanol–water partition coefficient (Wildman–Crippen LogP) is 1.66. The summed E-state index contributed by atoms with van der Waals surface area (Å²) in [6.45, 7) is 4.59. The second-order valence-electron chi connectivity index (χ2n) is 4.95. The van der Waals surface area contributed by atoms with E-state index in [1.807, 2.05) is 13.8 Å². The minimum atomic E-state index is -2.94. The minimum Gasteiger partial charge on any atom is -0.363 e. The highest BCUT2D eigenvalue weighted by Crippen LogP contribution is 2.30. The highest BCUT2D eigenvalue weighted by Gasteiger charge is 2.38. The van der Waals surface area contributed by atoms with Crippen molar-refractivity contribution in [3.8, 4) is 0 Å². The van der Waals surface area contributed by atoms with E-state index in [1.165, 1.54) is 0 Å².